The number of halogens is 1. The molecule has 1 unspecified atom stereocenters. The topological polar surface area (TPSA) is 130 Å². The van der Waals surface area contributed by atoms with Crippen molar-refractivity contribution in [2.75, 3.05) is 31.1 Å². The van der Waals surface area contributed by atoms with E-state index >= 15 is 0 Å². The van der Waals surface area contributed by atoms with Crippen LogP contribution in [0.1, 0.15) is 31.9 Å². The fraction of sp³-hybridized carbons (Fsp3) is 0.458. The lowest BCUT2D eigenvalue weighted by molar-refractivity contribution is -0.131. The van der Waals surface area contributed by atoms with Crippen LogP contribution in [-0.4, -0.2) is 64.3 Å². The molecular weight excluding hydrogens is 471 g/mol. The second-order valence-electron chi connectivity index (χ2n) is 9.60. The van der Waals surface area contributed by atoms with E-state index in [1.165, 1.54) is 22.8 Å². The average Bonchev–Trinajstić information content (AvgIpc) is 3.19. The van der Waals surface area contributed by atoms with E-state index in [1.807, 2.05) is 4.90 Å². The summed E-state index contributed by atoms with van der Waals surface area (Å²) in [5, 5.41) is 11.5. The molecule has 0 saturated carbocycles. The SMILES string of the molecule is CC(C)(C)OC(=O)NCC(=O)N1CCN2c3cc(OCc4ccc(F)c(C#N)c4)nc(=O)n3CC2C1. The van der Waals surface area contributed by atoms with Gasteiger partial charge in [0, 0.05) is 25.7 Å². The molecule has 12 heteroatoms. The van der Waals surface area contributed by atoms with Crippen LogP contribution < -0.4 is 20.6 Å². The molecule has 0 radical (unpaired) electrons. The van der Waals surface area contributed by atoms with Gasteiger partial charge >= 0.3 is 11.8 Å². The fourth-order valence-electron chi connectivity index (χ4n) is 4.19. The molecule has 2 amide bonds. The zero-order valence-electron chi connectivity index (χ0n) is 20.3. The van der Waals surface area contributed by atoms with E-state index in [0.717, 1.165) is 0 Å². The minimum absolute atomic E-state index is 0.0151. The molecule has 0 bridgehead atoms. The zero-order valence-corrected chi connectivity index (χ0v) is 20.3. The Labute approximate surface area is 207 Å². The average molecular weight is 499 g/mol. The molecule has 1 fully saturated rings. The summed E-state index contributed by atoms with van der Waals surface area (Å²) in [7, 11) is 0. The van der Waals surface area contributed by atoms with Gasteiger partial charge in [0.15, 0.2) is 0 Å². The summed E-state index contributed by atoms with van der Waals surface area (Å²) in [6, 6.07) is 7.40. The van der Waals surface area contributed by atoms with Crippen LogP contribution >= 0.6 is 0 Å². The molecule has 1 saturated heterocycles. The van der Waals surface area contributed by atoms with E-state index in [9.17, 15) is 18.8 Å². The van der Waals surface area contributed by atoms with Gasteiger partial charge in [0.25, 0.3) is 0 Å². The first kappa shape index (κ1) is 25.0. The minimum Gasteiger partial charge on any atom is -0.473 e. The lowest BCUT2D eigenvalue weighted by Crippen LogP contribution is -2.55. The number of ether oxygens (including phenoxy) is 2. The number of nitrogens with one attached hydrogen (secondary N) is 1. The number of piperazine rings is 1. The van der Waals surface area contributed by atoms with E-state index in [1.54, 1.807) is 37.8 Å². The summed E-state index contributed by atoms with van der Waals surface area (Å²) >= 11 is 0. The van der Waals surface area contributed by atoms with Gasteiger partial charge in [0.05, 0.1) is 18.2 Å². The van der Waals surface area contributed by atoms with Crippen molar-refractivity contribution in [2.45, 2.75) is 45.6 Å². The molecular formula is C24H27FN6O5. The fourth-order valence-corrected chi connectivity index (χ4v) is 4.19. The second-order valence-corrected chi connectivity index (χ2v) is 9.60. The largest absolute Gasteiger partial charge is 0.473 e. The number of aromatic nitrogens is 2. The maximum atomic E-state index is 13.5. The first-order valence-corrected chi connectivity index (χ1v) is 11.5. The minimum atomic E-state index is -0.656. The standard InChI is InChI=1S/C24H27FN6O5/c1-24(2,3)36-23(34)27-11-21(32)29-6-7-30-17(12-29)13-31-20(30)9-19(28-22(31)33)35-14-15-4-5-18(25)16(8-15)10-26/h4-5,8-9,17H,6-7,11-14H2,1-3H3,(H,27,34). The normalized spacial score (nSPS) is 16.6. The summed E-state index contributed by atoms with van der Waals surface area (Å²) in [4.78, 5) is 44.8. The van der Waals surface area contributed by atoms with Crippen molar-refractivity contribution < 1.29 is 23.5 Å². The van der Waals surface area contributed by atoms with Gasteiger partial charge in [-0.05, 0) is 38.5 Å². The van der Waals surface area contributed by atoms with Gasteiger partial charge in [-0.1, -0.05) is 6.07 Å². The number of anilines is 1. The Morgan fingerprint density at radius 1 is 1.25 bits per heavy atom. The summed E-state index contributed by atoms with van der Waals surface area (Å²) < 4.78 is 25.9. The third-order valence-electron chi connectivity index (χ3n) is 5.81. The van der Waals surface area contributed by atoms with E-state index in [4.69, 9.17) is 14.7 Å². The molecule has 1 aromatic heterocycles. The highest BCUT2D eigenvalue weighted by atomic mass is 19.1. The Kier molecular flexibility index (Phi) is 6.83. The highest BCUT2D eigenvalue weighted by Crippen LogP contribution is 2.29. The molecule has 3 heterocycles. The smallest absolute Gasteiger partial charge is 0.408 e. The number of hydrogen-bond donors (Lipinski definition) is 1. The van der Waals surface area contributed by atoms with Crippen molar-refractivity contribution in [1.82, 2.24) is 19.8 Å². The predicted molar refractivity (Wildman–Crippen MR) is 126 cm³/mol. The molecule has 1 N–H and O–H groups in total. The Bertz CT molecular complexity index is 1280. The van der Waals surface area contributed by atoms with Crippen molar-refractivity contribution in [3.8, 4) is 11.9 Å². The van der Waals surface area contributed by atoms with Crippen LogP contribution in [0.25, 0.3) is 0 Å². The van der Waals surface area contributed by atoms with Gasteiger partial charge in [-0.15, -0.1) is 0 Å². The summed E-state index contributed by atoms with van der Waals surface area (Å²) in [6.45, 7) is 6.74. The van der Waals surface area contributed by atoms with Crippen molar-refractivity contribution in [3.05, 3.63) is 51.7 Å². The Morgan fingerprint density at radius 3 is 2.75 bits per heavy atom. The summed E-state index contributed by atoms with van der Waals surface area (Å²) in [6.07, 6.45) is -0.655. The number of nitriles is 1. The van der Waals surface area contributed by atoms with Crippen LogP contribution in [0.3, 0.4) is 0 Å². The maximum Gasteiger partial charge on any atom is 0.408 e. The van der Waals surface area contributed by atoms with Gasteiger partial charge in [-0.2, -0.15) is 10.2 Å². The third-order valence-corrected chi connectivity index (χ3v) is 5.81. The van der Waals surface area contributed by atoms with Crippen LogP contribution in [-0.2, 0) is 22.7 Å². The summed E-state index contributed by atoms with van der Waals surface area (Å²) in [5.74, 6) is -0.0815. The highest BCUT2D eigenvalue weighted by molar-refractivity contribution is 5.82. The number of amides is 2. The van der Waals surface area contributed by atoms with Crippen molar-refractivity contribution in [2.24, 2.45) is 0 Å². The van der Waals surface area contributed by atoms with E-state index in [2.05, 4.69) is 10.3 Å². The molecule has 0 aliphatic carbocycles. The molecule has 2 aliphatic heterocycles. The van der Waals surface area contributed by atoms with Gasteiger partial charge in [0.2, 0.25) is 11.8 Å². The van der Waals surface area contributed by atoms with Crippen LogP contribution in [0.4, 0.5) is 15.0 Å². The quantitative estimate of drug-likeness (QED) is 0.655. The number of rotatable bonds is 5. The molecule has 4 rings (SSSR count). The zero-order chi connectivity index (χ0) is 26.0. The molecule has 36 heavy (non-hydrogen) atoms. The third kappa shape index (κ3) is 5.56. The first-order valence-electron chi connectivity index (χ1n) is 11.5. The molecule has 1 atom stereocenters. The molecule has 2 aliphatic rings. The maximum absolute atomic E-state index is 13.5. The molecule has 11 nitrogen and oxygen atoms in total. The van der Waals surface area contributed by atoms with E-state index < -0.39 is 23.2 Å². The van der Waals surface area contributed by atoms with Gasteiger partial charge in [-0.25, -0.2) is 14.0 Å². The van der Waals surface area contributed by atoms with E-state index in [-0.39, 0.29) is 36.5 Å². The summed E-state index contributed by atoms with van der Waals surface area (Å²) in [5.41, 5.74) is -0.648. The number of nitrogens with zero attached hydrogens (tertiary/aromatic N) is 5. The Hall–Kier alpha value is -4.14. The molecule has 2 aromatic rings. The predicted octanol–water partition coefficient (Wildman–Crippen LogP) is 1.39. The van der Waals surface area contributed by atoms with Crippen LogP contribution in [0.2, 0.25) is 0 Å². The van der Waals surface area contributed by atoms with Gasteiger partial charge in [-0.3, -0.25) is 9.36 Å². The van der Waals surface area contributed by atoms with Crippen molar-refractivity contribution in [3.63, 3.8) is 0 Å². The molecule has 190 valence electrons. The number of fused-ring (bicyclic) bond motifs is 3. The van der Waals surface area contributed by atoms with E-state index in [0.29, 0.717) is 37.6 Å². The lowest BCUT2D eigenvalue weighted by atomic mass is 10.1. The first-order chi connectivity index (χ1) is 17.0. The number of carbonyl (C=O) groups excluding carboxylic acids is 2. The van der Waals surface area contributed by atoms with Gasteiger partial charge in [0.1, 0.15) is 36.5 Å². The van der Waals surface area contributed by atoms with Crippen molar-refractivity contribution in [1.29, 1.82) is 5.26 Å². The number of hydrogen-bond acceptors (Lipinski definition) is 8. The highest BCUT2D eigenvalue weighted by Gasteiger charge is 2.37. The molecule has 0 spiro atoms. The Morgan fingerprint density at radius 2 is 2.03 bits per heavy atom. The lowest BCUT2D eigenvalue weighted by Gasteiger charge is -2.38. The van der Waals surface area contributed by atoms with Gasteiger partial charge < -0.3 is 24.6 Å². The monoisotopic (exact) mass is 498 g/mol. The molecule has 1 aromatic carbocycles. The van der Waals surface area contributed by atoms with Crippen LogP contribution in [0, 0.1) is 17.1 Å². The van der Waals surface area contributed by atoms with Crippen LogP contribution in [0.15, 0.2) is 29.1 Å². The van der Waals surface area contributed by atoms with Crippen molar-refractivity contribution >= 4 is 17.8 Å². The number of carbonyl (C=O) groups is 2. The number of benzene rings is 1. The van der Waals surface area contributed by atoms with Crippen LogP contribution in [0.5, 0.6) is 5.88 Å². The Balaban J connectivity index is 1.37. The second kappa shape index (κ2) is 9.85. The number of alkyl carbamates (subject to hydrolysis) is 1.